The van der Waals surface area contributed by atoms with Gasteiger partial charge in [0, 0.05) is 6.04 Å². The van der Waals surface area contributed by atoms with E-state index in [0.717, 1.165) is 31.2 Å². The molecule has 0 spiro atoms. The number of amides is 1. The van der Waals surface area contributed by atoms with Crippen LogP contribution in [0, 0.1) is 5.92 Å². The van der Waals surface area contributed by atoms with Crippen LogP contribution in [0.4, 0.5) is 0 Å². The molecule has 118 valence electrons. The molecule has 0 bridgehead atoms. The van der Waals surface area contributed by atoms with Crippen LogP contribution in [0.15, 0.2) is 18.2 Å². The number of nitrogens with one attached hydrogen (secondary N) is 1. The van der Waals surface area contributed by atoms with Crippen LogP contribution in [0.5, 0.6) is 0 Å². The van der Waals surface area contributed by atoms with Crippen molar-refractivity contribution < 1.29 is 14.7 Å². The monoisotopic (exact) mass is 301 g/mol. The molecule has 1 fully saturated rings. The molecule has 22 heavy (non-hydrogen) atoms. The standard InChI is InChI=1S/C18H23NO3/c20-17(19-16-7-3-6-15(16)18(21)22)11-12-8-9-13-4-1-2-5-14(13)10-12/h8-10,15-16H,1-7,11H2,(H,19,20)(H,21,22)/t15-,16+/m1/s1. The highest BCUT2D eigenvalue weighted by atomic mass is 16.4. The lowest BCUT2D eigenvalue weighted by atomic mass is 9.90. The van der Waals surface area contributed by atoms with Crippen molar-refractivity contribution >= 4 is 11.9 Å². The van der Waals surface area contributed by atoms with E-state index in [0.29, 0.717) is 12.8 Å². The Morgan fingerprint density at radius 2 is 1.86 bits per heavy atom. The Bertz CT molecular complexity index is 582. The summed E-state index contributed by atoms with van der Waals surface area (Å²) in [6.45, 7) is 0. The number of fused-ring (bicyclic) bond motifs is 1. The summed E-state index contributed by atoms with van der Waals surface area (Å²) in [6.07, 6.45) is 7.39. The lowest BCUT2D eigenvalue weighted by molar-refractivity contribution is -0.142. The highest BCUT2D eigenvalue weighted by Crippen LogP contribution is 2.26. The zero-order chi connectivity index (χ0) is 15.5. The van der Waals surface area contributed by atoms with Gasteiger partial charge in [0.25, 0.3) is 0 Å². The van der Waals surface area contributed by atoms with Crippen LogP contribution >= 0.6 is 0 Å². The fourth-order valence-corrected chi connectivity index (χ4v) is 3.77. The number of carboxylic acids is 1. The van der Waals surface area contributed by atoms with Crippen LogP contribution in [-0.2, 0) is 28.9 Å². The van der Waals surface area contributed by atoms with Crippen LogP contribution in [0.2, 0.25) is 0 Å². The van der Waals surface area contributed by atoms with E-state index in [1.54, 1.807) is 0 Å². The first-order chi connectivity index (χ1) is 10.6. The fourth-order valence-electron chi connectivity index (χ4n) is 3.77. The zero-order valence-electron chi connectivity index (χ0n) is 12.8. The van der Waals surface area contributed by atoms with E-state index < -0.39 is 11.9 Å². The summed E-state index contributed by atoms with van der Waals surface area (Å²) < 4.78 is 0. The Kier molecular flexibility index (Phi) is 4.46. The summed E-state index contributed by atoms with van der Waals surface area (Å²) in [6, 6.07) is 6.12. The second kappa shape index (κ2) is 6.51. The second-order valence-corrected chi connectivity index (χ2v) is 6.54. The van der Waals surface area contributed by atoms with Gasteiger partial charge in [-0.05, 0) is 55.2 Å². The molecule has 0 unspecified atom stereocenters. The molecule has 0 saturated heterocycles. The SMILES string of the molecule is O=C(Cc1ccc2c(c1)CCCC2)N[C@H]1CCC[C@H]1C(=O)O. The maximum Gasteiger partial charge on any atom is 0.308 e. The second-order valence-electron chi connectivity index (χ2n) is 6.54. The Morgan fingerprint density at radius 1 is 1.09 bits per heavy atom. The molecule has 4 heteroatoms. The van der Waals surface area contributed by atoms with Crippen molar-refractivity contribution in [2.45, 2.75) is 57.4 Å². The first-order valence-electron chi connectivity index (χ1n) is 8.26. The fraction of sp³-hybridized carbons (Fsp3) is 0.556. The topological polar surface area (TPSA) is 66.4 Å². The van der Waals surface area contributed by atoms with Gasteiger partial charge in [0.1, 0.15) is 0 Å². The predicted octanol–water partition coefficient (Wildman–Crippen LogP) is 2.48. The Hall–Kier alpha value is -1.84. The number of hydrogen-bond acceptors (Lipinski definition) is 2. The predicted molar refractivity (Wildman–Crippen MR) is 83.7 cm³/mol. The normalized spacial score (nSPS) is 23.8. The largest absolute Gasteiger partial charge is 0.481 e. The van der Waals surface area contributed by atoms with E-state index in [9.17, 15) is 9.59 Å². The number of aryl methyl sites for hydroxylation is 2. The van der Waals surface area contributed by atoms with Crippen molar-refractivity contribution in [2.24, 2.45) is 5.92 Å². The number of carboxylic acid groups (broad SMARTS) is 1. The molecule has 1 amide bonds. The molecule has 2 atom stereocenters. The molecule has 1 saturated carbocycles. The summed E-state index contributed by atoms with van der Waals surface area (Å²) in [5.74, 6) is -1.28. The molecule has 0 aliphatic heterocycles. The zero-order valence-corrected chi connectivity index (χ0v) is 12.8. The lowest BCUT2D eigenvalue weighted by Gasteiger charge is -2.19. The third kappa shape index (κ3) is 3.32. The molecule has 0 aromatic heterocycles. The van der Waals surface area contributed by atoms with Gasteiger partial charge < -0.3 is 10.4 Å². The summed E-state index contributed by atoms with van der Waals surface area (Å²) in [7, 11) is 0. The molecule has 2 N–H and O–H groups in total. The van der Waals surface area contributed by atoms with Crippen molar-refractivity contribution in [3.8, 4) is 0 Å². The number of carbonyl (C=O) groups excluding carboxylic acids is 1. The Balaban J connectivity index is 1.61. The molecule has 0 heterocycles. The molecule has 0 radical (unpaired) electrons. The molecule has 1 aromatic carbocycles. The van der Waals surface area contributed by atoms with Crippen molar-refractivity contribution in [1.29, 1.82) is 0 Å². The molecule has 1 aromatic rings. The van der Waals surface area contributed by atoms with Crippen LogP contribution in [0.25, 0.3) is 0 Å². The molecule has 2 aliphatic rings. The number of rotatable bonds is 4. The third-order valence-corrected chi connectivity index (χ3v) is 4.96. The number of hydrogen-bond donors (Lipinski definition) is 2. The molecular weight excluding hydrogens is 278 g/mol. The van der Waals surface area contributed by atoms with Crippen LogP contribution in [-0.4, -0.2) is 23.0 Å². The summed E-state index contributed by atoms with van der Waals surface area (Å²) in [4.78, 5) is 23.4. The smallest absolute Gasteiger partial charge is 0.308 e. The Labute approximate surface area is 130 Å². The minimum atomic E-state index is -0.795. The van der Waals surface area contributed by atoms with Gasteiger partial charge in [-0.25, -0.2) is 0 Å². The van der Waals surface area contributed by atoms with Gasteiger partial charge in [0.2, 0.25) is 5.91 Å². The van der Waals surface area contributed by atoms with Crippen molar-refractivity contribution in [3.63, 3.8) is 0 Å². The Morgan fingerprint density at radius 3 is 2.64 bits per heavy atom. The maximum atomic E-state index is 12.2. The highest BCUT2D eigenvalue weighted by Gasteiger charge is 2.33. The molecular formula is C18H23NO3. The van der Waals surface area contributed by atoms with E-state index in [2.05, 4.69) is 17.4 Å². The summed E-state index contributed by atoms with van der Waals surface area (Å²) in [5.41, 5.74) is 3.82. The lowest BCUT2D eigenvalue weighted by Crippen LogP contribution is -2.40. The van der Waals surface area contributed by atoms with E-state index in [1.807, 2.05) is 6.07 Å². The number of carbonyl (C=O) groups is 2. The molecule has 4 nitrogen and oxygen atoms in total. The van der Waals surface area contributed by atoms with Gasteiger partial charge in [-0.3, -0.25) is 9.59 Å². The average Bonchev–Trinajstić information content (AvgIpc) is 2.95. The first kappa shape index (κ1) is 15.1. The average molecular weight is 301 g/mol. The minimum Gasteiger partial charge on any atom is -0.481 e. The quantitative estimate of drug-likeness (QED) is 0.898. The van der Waals surface area contributed by atoms with E-state index >= 15 is 0 Å². The van der Waals surface area contributed by atoms with Gasteiger partial charge in [0.05, 0.1) is 12.3 Å². The van der Waals surface area contributed by atoms with E-state index in [4.69, 9.17) is 5.11 Å². The van der Waals surface area contributed by atoms with Gasteiger partial charge in [-0.15, -0.1) is 0 Å². The first-order valence-corrected chi connectivity index (χ1v) is 8.26. The van der Waals surface area contributed by atoms with Crippen LogP contribution in [0.1, 0.15) is 48.8 Å². The van der Waals surface area contributed by atoms with Crippen LogP contribution < -0.4 is 5.32 Å². The van der Waals surface area contributed by atoms with E-state index in [-0.39, 0.29) is 11.9 Å². The van der Waals surface area contributed by atoms with Gasteiger partial charge in [0.15, 0.2) is 0 Å². The van der Waals surface area contributed by atoms with Crippen LogP contribution in [0.3, 0.4) is 0 Å². The highest BCUT2D eigenvalue weighted by molar-refractivity contribution is 5.80. The number of benzene rings is 1. The van der Waals surface area contributed by atoms with Gasteiger partial charge >= 0.3 is 5.97 Å². The maximum absolute atomic E-state index is 12.2. The van der Waals surface area contributed by atoms with Crippen molar-refractivity contribution in [2.75, 3.05) is 0 Å². The summed E-state index contributed by atoms with van der Waals surface area (Å²) in [5, 5.41) is 12.1. The molecule has 3 rings (SSSR count). The summed E-state index contributed by atoms with van der Waals surface area (Å²) >= 11 is 0. The van der Waals surface area contributed by atoms with Gasteiger partial charge in [-0.1, -0.05) is 24.6 Å². The van der Waals surface area contributed by atoms with Gasteiger partial charge in [-0.2, -0.15) is 0 Å². The molecule has 2 aliphatic carbocycles. The third-order valence-electron chi connectivity index (χ3n) is 4.96. The number of aliphatic carboxylic acids is 1. The van der Waals surface area contributed by atoms with Crippen molar-refractivity contribution in [1.82, 2.24) is 5.32 Å². The minimum absolute atomic E-state index is 0.0612. The van der Waals surface area contributed by atoms with E-state index in [1.165, 1.54) is 24.0 Å². The van der Waals surface area contributed by atoms with Crippen molar-refractivity contribution in [3.05, 3.63) is 34.9 Å².